The van der Waals surface area contributed by atoms with Gasteiger partial charge in [-0.2, -0.15) is 0 Å². The van der Waals surface area contributed by atoms with E-state index < -0.39 is 0 Å². The average molecular weight is 184 g/mol. The van der Waals surface area contributed by atoms with Crippen molar-refractivity contribution in [1.29, 1.82) is 0 Å². The molecule has 0 aromatic carbocycles. The van der Waals surface area contributed by atoms with Gasteiger partial charge in [-0.15, -0.1) is 10.2 Å². The fourth-order valence-electron chi connectivity index (χ4n) is 1.25. The Balaban J connectivity index is 2.05. The first kappa shape index (κ1) is 7.94. The van der Waals surface area contributed by atoms with Crippen molar-refractivity contribution < 1.29 is 0 Å². The number of aromatic nitrogens is 2. The van der Waals surface area contributed by atoms with Crippen molar-refractivity contribution in [3.8, 4) is 0 Å². The van der Waals surface area contributed by atoms with Gasteiger partial charge in [0, 0.05) is 19.1 Å². The molecule has 1 fully saturated rings. The maximum Gasteiger partial charge on any atom is 0.208 e. The van der Waals surface area contributed by atoms with Crippen molar-refractivity contribution in [2.45, 2.75) is 18.9 Å². The van der Waals surface area contributed by atoms with Crippen molar-refractivity contribution in [1.82, 2.24) is 10.2 Å². The van der Waals surface area contributed by atoms with Crippen LogP contribution in [0.15, 0.2) is 5.51 Å². The zero-order chi connectivity index (χ0) is 8.39. The first-order valence-electron chi connectivity index (χ1n) is 4.14. The predicted octanol–water partition coefficient (Wildman–Crippen LogP) is 0.466. The van der Waals surface area contributed by atoms with Crippen LogP contribution in [-0.2, 0) is 0 Å². The summed E-state index contributed by atoms with van der Waals surface area (Å²) in [5.74, 6) is 0. The average Bonchev–Trinajstić information content (AvgIpc) is 2.77. The summed E-state index contributed by atoms with van der Waals surface area (Å²) in [6.07, 6.45) is 2.55. The molecule has 66 valence electrons. The van der Waals surface area contributed by atoms with Gasteiger partial charge in [-0.1, -0.05) is 11.3 Å². The van der Waals surface area contributed by atoms with Gasteiger partial charge < -0.3 is 10.6 Å². The van der Waals surface area contributed by atoms with Gasteiger partial charge in [0.05, 0.1) is 0 Å². The summed E-state index contributed by atoms with van der Waals surface area (Å²) in [4.78, 5) is 2.26. The van der Waals surface area contributed by atoms with Crippen LogP contribution in [0.3, 0.4) is 0 Å². The van der Waals surface area contributed by atoms with E-state index in [0.717, 1.165) is 11.7 Å². The van der Waals surface area contributed by atoms with Crippen LogP contribution in [0.2, 0.25) is 0 Å². The third-order valence-electron chi connectivity index (χ3n) is 1.95. The van der Waals surface area contributed by atoms with Gasteiger partial charge in [0.1, 0.15) is 5.51 Å². The summed E-state index contributed by atoms with van der Waals surface area (Å²) >= 11 is 1.59. The van der Waals surface area contributed by atoms with Crippen LogP contribution in [0.25, 0.3) is 0 Å². The highest BCUT2D eigenvalue weighted by Gasteiger charge is 2.30. The van der Waals surface area contributed by atoms with E-state index in [1.165, 1.54) is 12.8 Å². The molecule has 1 saturated carbocycles. The first-order chi connectivity index (χ1) is 5.92. The summed E-state index contributed by atoms with van der Waals surface area (Å²) in [6.45, 7) is 1.59. The molecule has 0 unspecified atom stereocenters. The van der Waals surface area contributed by atoms with Crippen LogP contribution >= 0.6 is 11.3 Å². The second-order valence-electron chi connectivity index (χ2n) is 2.93. The van der Waals surface area contributed by atoms with E-state index in [1.54, 1.807) is 16.8 Å². The molecule has 0 bridgehead atoms. The van der Waals surface area contributed by atoms with Crippen LogP contribution in [0.1, 0.15) is 12.8 Å². The maximum absolute atomic E-state index is 5.52. The number of hydrogen-bond acceptors (Lipinski definition) is 5. The van der Waals surface area contributed by atoms with E-state index in [-0.39, 0.29) is 0 Å². The Morgan fingerprint density at radius 1 is 1.67 bits per heavy atom. The third-order valence-corrected chi connectivity index (χ3v) is 2.68. The minimum absolute atomic E-state index is 0.682. The Morgan fingerprint density at radius 2 is 2.50 bits per heavy atom. The second kappa shape index (κ2) is 3.37. The molecule has 2 rings (SSSR count). The van der Waals surface area contributed by atoms with E-state index in [1.807, 2.05) is 0 Å². The topological polar surface area (TPSA) is 55.0 Å². The summed E-state index contributed by atoms with van der Waals surface area (Å²) in [5, 5.41) is 8.87. The molecule has 0 radical (unpaired) electrons. The van der Waals surface area contributed by atoms with Crippen LogP contribution in [0.5, 0.6) is 0 Å². The molecule has 1 heterocycles. The monoisotopic (exact) mass is 184 g/mol. The minimum atomic E-state index is 0.682. The Labute approximate surface area is 75.4 Å². The summed E-state index contributed by atoms with van der Waals surface area (Å²) in [5.41, 5.74) is 7.28. The molecule has 2 N–H and O–H groups in total. The highest BCUT2D eigenvalue weighted by Crippen LogP contribution is 2.31. The number of anilines is 1. The van der Waals surface area contributed by atoms with Gasteiger partial charge in [-0.3, -0.25) is 0 Å². The Kier molecular flexibility index (Phi) is 2.23. The first-order valence-corrected chi connectivity index (χ1v) is 5.02. The second-order valence-corrected chi connectivity index (χ2v) is 3.75. The van der Waals surface area contributed by atoms with E-state index in [0.29, 0.717) is 12.6 Å². The molecule has 1 aromatic heterocycles. The lowest BCUT2D eigenvalue weighted by Crippen LogP contribution is -2.31. The van der Waals surface area contributed by atoms with Crippen LogP contribution in [0.4, 0.5) is 5.13 Å². The molecule has 5 heteroatoms. The summed E-state index contributed by atoms with van der Waals surface area (Å²) in [6, 6.07) is 0.682. The van der Waals surface area contributed by atoms with Gasteiger partial charge in [0.15, 0.2) is 0 Å². The summed E-state index contributed by atoms with van der Waals surface area (Å²) in [7, 11) is 0. The van der Waals surface area contributed by atoms with E-state index in [2.05, 4.69) is 15.1 Å². The molecule has 1 aliphatic carbocycles. The van der Waals surface area contributed by atoms with E-state index in [9.17, 15) is 0 Å². The van der Waals surface area contributed by atoms with Gasteiger partial charge in [0.25, 0.3) is 0 Å². The Hall–Kier alpha value is -0.680. The lowest BCUT2D eigenvalue weighted by atomic mass is 10.5. The lowest BCUT2D eigenvalue weighted by molar-refractivity contribution is 0.773. The van der Waals surface area contributed by atoms with Crippen molar-refractivity contribution >= 4 is 16.5 Å². The molecule has 1 aromatic rings. The lowest BCUT2D eigenvalue weighted by Gasteiger charge is -2.19. The molecular weight excluding hydrogens is 172 g/mol. The zero-order valence-corrected chi connectivity index (χ0v) is 7.63. The van der Waals surface area contributed by atoms with Crippen LogP contribution in [-0.4, -0.2) is 29.3 Å². The molecule has 0 saturated heterocycles. The normalized spacial score (nSPS) is 16.4. The smallest absolute Gasteiger partial charge is 0.208 e. The minimum Gasteiger partial charge on any atom is -0.342 e. The number of rotatable bonds is 4. The van der Waals surface area contributed by atoms with Crippen LogP contribution in [0, 0.1) is 0 Å². The van der Waals surface area contributed by atoms with E-state index >= 15 is 0 Å². The van der Waals surface area contributed by atoms with Crippen molar-refractivity contribution in [2.75, 3.05) is 18.0 Å². The van der Waals surface area contributed by atoms with Crippen molar-refractivity contribution in [2.24, 2.45) is 5.73 Å². The Morgan fingerprint density at radius 3 is 3.00 bits per heavy atom. The Bertz CT molecular complexity index is 232. The highest BCUT2D eigenvalue weighted by atomic mass is 32.1. The summed E-state index contributed by atoms with van der Waals surface area (Å²) < 4.78 is 0. The van der Waals surface area contributed by atoms with Gasteiger partial charge in [0.2, 0.25) is 5.13 Å². The molecule has 0 amide bonds. The van der Waals surface area contributed by atoms with Crippen molar-refractivity contribution in [3.63, 3.8) is 0 Å². The van der Waals surface area contributed by atoms with Gasteiger partial charge in [-0.25, -0.2) is 0 Å². The number of nitrogens with two attached hydrogens (primary N) is 1. The largest absolute Gasteiger partial charge is 0.342 e. The zero-order valence-electron chi connectivity index (χ0n) is 6.81. The predicted molar refractivity (Wildman–Crippen MR) is 49.3 cm³/mol. The van der Waals surface area contributed by atoms with Crippen molar-refractivity contribution in [3.05, 3.63) is 5.51 Å². The maximum atomic E-state index is 5.52. The van der Waals surface area contributed by atoms with Crippen LogP contribution < -0.4 is 10.6 Å². The quantitative estimate of drug-likeness (QED) is 0.739. The molecule has 12 heavy (non-hydrogen) atoms. The molecule has 1 aliphatic rings. The fraction of sp³-hybridized carbons (Fsp3) is 0.714. The van der Waals surface area contributed by atoms with Gasteiger partial charge in [-0.05, 0) is 12.8 Å². The number of nitrogens with zero attached hydrogens (tertiary/aromatic N) is 3. The fourth-order valence-corrected chi connectivity index (χ4v) is 1.91. The molecule has 0 spiro atoms. The molecule has 0 aliphatic heterocycles. The standard InChI is InChI=1S/C7H12N4S/c8-3-4-11(6-1-2-6)7-10-9-5-12-7/h5-6H,1-4,8H2. The SMILES string of the molecule is NCCN(c1nncs1)C1CC1. The molecule has 0 atom stereocenters. The van der Waals surface area contributed by atoms with E-state index in [4.69, 9.17) is 5.73 Å². The number of hydrogen-bond donors (Lipinski definition) is 1. The van der Waals surface area contributed by atoms with Gasteiger partial charge >= 0.3 is 0 Å². The highest BCUT2D eigenvalue weighted by molar-refractivity contribution is 7.13. The third kappa shape index (κ3) is 1.56. The molecule has 4 nitrogen and oxygen atoms in total. The molecular formula is C7H12N4S.